The van der Waals surface area contributed by atoms with Gasteiger partial charge in [-0.1, -0.05) is 54.5 Å². The SMILES string of the molecule is C=CC(=O)N1CC(N2CCN(C(=C)Cn3ccc4c(Cl)c(Cl)cc(OC)c43)CC2)C1.C=CC(=O)N1CC(N2CCN(C(=O)/C=C/c3cc(C4CC4)c(Cl)cc3O)CC2)C1. The lowest BCUT2D eigenvalue weighted by Gasteiger charge is -2.48. The van der Waals surface area contributed by atoms with Gasteiger partial charge in [-0.3, -0.25) is 24.2 Å². The fourth-order valence-corrected chi connectivity index (χ4v) is 9.01. The van der Waals surface area contributed by atoms with E-state index in [0.29, 0.717) is 64.0 Å². The number of rotatable bonds is 11. The Morgan fingerprint density at radius 1 is 0.780 bits per heavy atom. The molecular weight excluding hydrogens is 813 g/mol. The second-order valence-corrected chi connectivity index (χ2v) is 17.0. The van der Waals surface area contributed by atoms with E-state index in [-0.39, 0.29) is 23.5 Å². The van der Waals surface area contributed by atoms with Crippen LogP contribution in [0.5, 0.6) is 11.5 Å². The number of hydrogen-bond donors (Lipinski definition) is 1. The van der Waals surface area contributed by atoms with E-state index in [1.54, 1.807) is 30.2 Å². The van der Waals surface area contributed by atoms with Gasteiger partial charge in [-0.05, 0) is 60.8 Å². The summed E-state index contributed by atoms with van der Waals surface area (Å²) in [6, 6.07) is 8.00. The Labute approximate surface area is 361 Å². The minimum Gasteiger partial charge on any atom is -0.507 e. The van der Waals surface area contributed by atoms with Crippen LogP contribution < -0.4 is 4.74 Å². The Morgan fingerprint density at radius 3 is 1.86 bits per heavy atom. The van der Waals surface area contributed by atoms with Crippen molar-refractivity contribution in [3.05, 3.63) is 100 Å². The van der Waals surface area contributed by atoms with E-state index in [0.717, 1.165) is 100 Å². The zero-order valence-corrected chi connectivity index (χ0v) is 35.8. The highest BCUT2D eigenvalue weighted by atomic mass is 35.5. The van der Waals surface area contributed by atoms with Gasteiger partial charge in [-0.25, -0.2) is 0 Å². The van der Waals surface area contributed by atoms with Crippen LogP contribution in [0.25, 0.3) is 17.0 Å². The summed E-state index contributed by atoms with van der Waals surface area (Å²) in [7, 11) is 1.63. The predicted octanol–water partition coefficient (Wildman–Crippen LogP) is 5.96. The van der Waals surface area contributed by atoms with Gasteiger partial charge in [0.2, 0.25) is 17.7 Å². The Kier molecular flexibility index (Phi) is 13.3. The minimum atomic E-state index is -0.0518. The molecule has 4 saturated heterocycles. The van der Waals surface area contributed by atoms with Crippen LogP contribution in [0.3, 0.4) is 0 Å². The lowest BCUT2D eigenvalue weighted by atomic mass is 10.0. The number of benzene rings is 2. The van der Waals surface area contributed by atoms with E-state index in [1.807, 2.05) is 28.1 Å². The number of allylic oxidation sites excluding steroid dienone is 1. The summed E-state index contributed by atoms with van der Waals surface area (Å²) >= 11 is 18.8. The number of aromatic hydroxyl groups is 1. The van der Waals surface area contributed by atoms with E-state index in [2.05, 4.69) is 39.0 Å². The van der Waals surface area contributed by atoms with E-state index in [4.69, 9.17) is 39.5 Å². The van der Waals surface area contributed by atoms with E-state index >= 15 is 0 Å². The Balaban J connectivity index is 0.000000179. The number of phenols is 1. The Hall–Kier alpha value is -4.46. The molecule has 1 aliphatic carbocycles. The standard InChI is InChI=1S/C22H26Cl2N4O2.C22H26ClN3O3/c1-4-20(29)28-13-16(14-28)26-9-7-25(8-10-26)15(2)12-27-6-5-17-21(24)18(23)11-19(30-3)22(17)27;1-2-21(28)26-13-17(14-26)24-7-9-25(10-8-24)22(29)6-5-16-11-18(15-3-4-15)19(23)12-20(16)27/h4-6,11,16H,1-2,7-10,12-14H2,3H3;2,5-6,11-12,15,17,27H,1,3-4,7-10,13-14H2/b;6-5+. The van der Waals surface area contributed by atoms with Crippen molar-refractivity contribution < 1.29 is 24.2 Å². The third-order valence-corrected chi connectivity index (χ3v) is 13.3. The number of piperazine rings is 2. The molecule has 0 unspecified atom stereocenters. The number of nitrogens with zero attached hydrogens (tertiary/aromatic N) is 7. The third kappa shape index (κ3) is 9.47. The lowest BCUT2D eigenvalue weighted by Crippen LogP contribution is -2.64. The fourth-order valence-electron chi connectivity index (χ4n) is 8.29. The van der Waals surface area contributed by atoms with Crippen molar-refractivity contribution >= 4 is 69.5 Å². The van der Waals surface area contributed by atoms with Gasteiger partial charge < -0.3 is 34.0 Å². The van der Waals surface area contributed by atoms with Gasteiger partial charge in [-0.15, -0.1) is 0 Å². The number of methoxy groups -OCH3 is 1. The smallest absolute Gasteiger partial charge is 0.246 e. The second-order valence-electron chi connectivity index (χ2n) is 15.8. The first-order valence-electron chi connectivity index (χ1n) is 20.1. The Morgan fingerprint density at radius 2 is 1.34 bits per heavy atom. The van der Waals surface area contributed by atoms with Gasteiger partial charge in [0.1, 0.15) is 11.5 Å². The summed E-state index contributed by atoms with van der Waals surface area (Å²) in [6.07, 6.45) is 10.2. The summed E-state index contributed by atoms with van der Waals surface area (Å²) in [6.45, 7) is 21.8. The summed E-state index contributed by atoms with van der Waals surface area (Å²) in [5.74, 6) is 1.22. The van der Waals surface area contributed by atoms with Crippen molar-refractivity contribution in [2.45, 2.75) is 37.4 Å². The predicted molar refractivity (Wildman–Crippen MR) is 234 cm³/mol. The number of halogens is 3. The molecule has 5 heterocycles. The molecule has 0 spiro atoms. The van der Waals surface area contributed by atoms with E-state index in [9.17, 15) is 19.5 Å². The van der Waals surface area contributed by atoms with Gasteiger partial charge in [-0.2, -0.15) is 0 Å². The molecule has 12 nitrogen and oxygen atoms in total. The number of fused-ring (bicyclic) bond motifs is 1. The summed E-state index contributed by atoms with van der Waals surface area (Å²) in [4.78, 5) is 48.4. The van der Waals surface area contributed by atoms with Gasteiger partial charge >= 0.3 is 0 Å². The zero-order valence-electron chi connectivity index (χ0n) is 33.5. The van der Waals surface area contributed by atoms with Crippen molar-refractivity contribution in [2.75, 3.05) is 85.6 Å². The van der Waals surface area contributed by atoms with Crippen molar-refractivity contribution in [3.8, 4) is 11.5 Å². The zero-order chi connectivity index (χ0) is 42.0. The summed E-state index contributed by atoms with van der Waals surface area (Å²) < 4.78 is 7.64. The molecule has 5 aliphatic rings. The maximum Gasteiger partial charge on any atom is 0.246 e. The topological polar surface area (TPSA) is 105 Å². The first-order chi connectivity index (χ1) is 28.4. The van der Waals surface area contributed by atoms with E-state index in [1.165, 1.54) is 18.2 Å². The maximum absolute atomic E-state index is 12.6. The Bertz CT molecular complexity index is 2140. The second kappa shape index (κ2) is 18.4. The molecule has 4 aliphatic heterocycles. The third-order valence-electron chi connectivity index (χ3n) is 12.2. The molecule has 15 heteroatoms. The average Bonchev–Trinajstić information content (AvgIpc) is 3.97. The van der Waals surface area contributed by atoms with Crippen LogP contribution in [0, 0.1) is 0 Å². The molecule has 1 saturated carbocycles. The number of phenolic OH excluding ortho intramolecular Hbond substituents is 1. The van der Waals surface area contributed by atoms with Crippen LogP contribution in [0.1, 0.15) is 29.9 Å². The quantitative estimate of drug-likeness (QED) is 0.236. The highest BCUT2D eigenvalue weighted by molar-refractivity contribution is 6.45. The lowest BCUT2D eigenvalue weighted by molar-refractivity contribution is -0.135. The molecule has 5 fully saturated rings. The van der Waals surface area contributed by atoms with Gasteiger partial charge in [0.15, 0.2) is 0 Å². The maximum atomic E-state index is 12.6. The molecular formula is C44H52Cl3N7O5. The number of carbonyl (C=O) groups is 3. The summed E-state index contributed by atoms with van der Waals surface area (Å²) in [5, 5.41) is 12.6. The summed E-state index contributed by atoms with van der Waals surface area (Å²) in [5.41, 5.74) is 3.66. The number of hydrogen-bond acceptors (Lipinski definition) is 8. The number of ether oxygens (including phenoxy) is 1. The first-order valence-corrected chi connectivity index (χ1v) is 21.3. The van der Waals surface area contributed by atoms with Crippen molar-refractivity contribution in [1.29, 1.82) is 0 Å². The van der Waals surface area contributed by atoms with Crippen molar-refractivity contribution in [3.63, 3.8) is 0 Å². The normalized spacial score (nSPS) is 19.3. The molecule has 3 amide bonds. The molecule has 2 aromatic carbocycles. The fraction of sp³-hybridized carbons (Fsp3) is 0.432. The number of carbonyl (C=O) groups excluding carboxylic acids is 3. The molecule has 3 aromatic rings. The highest BCUT2D eigenvalue weighted by Gasteiger charge is 2.37. The number of likely N-dealkylation sites (tertiary alicyclic amines) is 2. The van der Waals surface area contributed by atoms with Crippen LogP contribution >= 0.6 is 34.8 Å². The van der Waals surface area contributed by atoms with Crippen molar-refractivity contribution in [2.24, 2.45) is 0 Å². The minimum absolute atomic E-state index is 0.0181. The van der Waals surface area contributed by atoms with Crippen LogP contribution in [0.4, 0.5) is 0 Å². The molecule has 314 valence electrons. The molecule has 0 bridgehead atoms. The van der Waals surface area contributed by atoms with Crippen LogP contribution in [-0.4, -0.2) is 155 Å². The molecule has 8 rings (SSSR count). The van der Waals surface area contributed by atoms with Gasteiger partial charge in [0, 0.05) is 131 Å². The van der Waals surface area contributed by atoms with Crippen LogP contribution in [-0.2, 0) is 20.9 Å². The van der Waals surface area contributed by atoms with Crippen LogP contribution in [0.15, 0.2) is 74.1 Å². The van der Waals surface area contributed by atoms with E-state index < -0.39 is 0 Å². The molecule has 0 radical (unpaired) electrons. The number of aromatic nitrogens is 1. The van der Waals surface area contributed by atoms with Gasteiger partial charge in [0.25, 0.3) is 0 Å². The molecule has 1 aromatic heterocycles. The molecule has 1 N–H and O–H groups in total. The largest absolute Gasteiger partial charge is 0.507 e. The molecule has 59 heavy (non-hydrogen) atoms. The highest BCUT2D eigenvalue weighted by Crippen LogP contribution is 2.45. The van der Waals surface area contributed by atoms with Crippen LogP contribution in [0.2, 0.25) is 15.1 Å². The monoisotopic (exact) mass is 863 g/mol. The number of amides is 3. The molecule has 0 atom stereocenters. The van der Waals surface area contributed by atoms with Crippen molar-refractivity contribution in [1.82, 2.24) is 34.0 Å². The average molecular weight is 865 g/mol. The first kappa shape index (κ1) is 42.7. The van der Waals surface area contributed by atoms with Gasteiger partial charge in [0.05, 0.1) is 29.2 Å².